The van der Waals surface area contributed by atoms with Gasteiger partial charge in [0.15, 0.2) is 0 Å². The summed E-state index contributed by atoms with van der Waals surface area (Å²) in [6.45, 7) is 2.29. The number of hydrogen-bond donors (Lipinski definition) is 1. The highest BCUT2D eigenvalue weighted by Crippen LogP contribution is 2.22. The quantitative estimate of drug-likeness (QED) is 0.171. The minimum Gasteiger partial charge on any atom is -0.281 e. The minimum absolute atomic E-state index is 0.185. The number of para-hydroxylation sites is 1. The van der Waals surface area contributed by atoms with E-state index in [1.165, 1.54) is 95.6 Å². The molecule has 27 heavy (non-hydrogen) atoms. The van der Waals surface area contributed by atoms with E-state index in [-0.39, 0.29) is 6.17 Å². The van der Waals surface area contributed by atoms with E-state index in [1.807, 2.05) is 0 Å². The SMILES string of the molecule is CCCCCCCCCCCCCCCCC(N)[N+](C)(C)c1ccccc1. The van der Waals surface area contributed by atoms with Crippen molar-refractivity contribution in [3.05, 3.63) is 30.3 Å². The Morgan fingerprint density at radius 1 is 0.667 bits per heavy atom. The van der Waals surface area contributed by atoms with Gasteiger partial charge < -0.3 is 0 Å². The summed E-state index contributed by atoms with van der Waals surface area (Å²) in [6, 6.07) is 10.7. The van der Waals surface area contributed by atoms with Gasteiger partial charge in [-0.1, -0.05) is 109 Å². The molecule has 0 aromatic heterocycles. The van der Waals surface area contributed by atoms with Gasteiger partial charge in [-0.05, 0) is 18.6 Å². The van der Waals surface area contributed by atoms with Crippen molar-refractivity contribution in [2.75, 3.05) is 14.1 Å². The summed E-state index contributed by atoms with van der Waals surface area (Å²) in [5.74, 6) is 0. The van der Waals surface area contributed by atoms with Crippen molar-refractivity contribution in [1.29, 1.82) is 0 Å². The molecule has 1 atom stereocenters. The van der Waals surface area contributed by atoms with E-state index in [0.717, 1.165) is 10.9 Å². The van der Waals surface area contributed by atoms with Gasteiger partial charge in [0.2, 0.25) is 0 Å². The first-order valence-electron chi connectivity index (χ1n) is 11.7. The van der Waals surface area contributed by atoms with Crippen LogP contribution in [-0.2, 0) is 0 Å². The van der Waals surface area contributed by atoms with Gasteiger partial charge in [0.05, 0.1) is 14.1 Å². The molecule has 1 unspecified atom stereocenters. The highest BCUT2D eigenvalue weighted by Gasteiger charge is 2.26. The molecular formula is C25H47N2+. The third kappa shape index (κ3) is 10.9. The number of quaternary nitrogens is 1. The molecule has 2 N–H and O–H groups in total. The zero-order chi connectivity index (χ0) is 19.8. The molecule has 0 saturated heterocycles. The third-order valence-electron chi connectivity index (χ3n) is 6.10. The number of nitrogens with two attached hydrogens (primary N) is 1. The van der Waals surface area contributed by atoms with Crippen LogP contribution in [0.25, 0.3) is 0 Å². The molecule has 0 aliphatic rings. The van der Waals surface area contributed by atoms with Crippen molar-refractivity contribution in [1.82, 2.24) is 4.48 Å². The maximum absolute atomic E-state index is 6.50. The zero-order valence-electron chi connectivity index (χ0n) is 18.6. The van der Waals surface area contributed by atoms with Crippen LogP contribution in [0.5, 0.6) is 0 Å². The molecule has 0 amide bonds. The lowest BCUT2D eigenvalue weighted by molar-refractivity contribution is 0.276. The zero-order valence-corrected chi connectivity index (χ0v) is 18.6. The summed E-state index contributed by atoms with van der Waals surface area (Å²) in [5.41, 5.74) is 7.80. The van der Waals surface area contributed by atoms with E-state index in [4.69, 9.17) is 5.73 Å². The van der Waals surface area contributed by atoms with E-state index in [1.54, 1.807) is 0 Å². The van der Waals surface area contributed by atoms with Crippen molar-refractivity contribution in [2.45, 2.75) is 109 Å². The van der Waals surface area contributed by atoms with Crippen molar-refractivity contribution in [3.8, 4) is 0 Å². The summed E-state index contributed by atoms with van der Waals surface area (Å²) in [4.78, 5) is 0. The monoisotopic (exact) mass is 375 g/mol. The van der Waals surface area contributed by atoms with Gasteiger partial charge in [0.25, 0.3) is 0 Å². The molecule has 1 aromatic carbocycles. The molecular weight excluding hydrogens is 328 g/mol. The molecule has 0 radical (unpaired) electrons. The molecule has 1 rings (SSSR count). The molecule has 2 nitrogen and oxygen atoms in total. The van der Waals surface area contributed by atoms with Crippen molar-refractivity contribution < 1.29 is 0 Å². The highest BCUT2D eigenvalue weighted by atomic mass is 15.4. The second kappa shape index (κ2) is 15.1. The van der Waals surface area contributed by atoms with Crippen LogP contribution in [0, 0.1) is 0 Å². The standard InChI is InChI=1S/C25H47N2/c1-4-5-6-7-8-9-10-11-12-13-14-15-16-20-23-25(26)27(2,3)24-21-18-17-19-22-24/h17-19,21-22,25H,4-16,20,23,26H2,1-3H3/q+1. The van der Waals surface area contributed by atoms with Gasteiger partial charge >= 0.3 is 0 Å². The second-order valence-electron chi connectivity index (χ2n) is 8.83. The predicted octanol–water partition coefficient (Wildman–Crippen LogP) is 7.41. The van der Waals surface area contributed by atoms with Gasteiger partial charge in [0, 0.05) is 6.42 Å². The highest BCUT2D eigenvalue weighted by molar-refractivity contribution is 5.41. The maximum atomic E-state index is 6.50. The van der Waals surface area contributed by atoms with Crippen LogP contribution in [0.1, 0.15) is 103 Å². The lowest BCUT2D eigenvalue weighted by atomic mass is 10.0. The Hall–Kier alpha value is -0.860. The Morgan fingerprint density at radius 2 is 1.07 bits per heavy atom. The Kier molecular flexibility index (Phi) is 13.5. The molecule has 2 heteroatoms. The fourth-order valence-corrected chi connectivity index (χ4v) is 3.87. The van der Waals surface area contributed by atoms with Gasteiger partial charge in [-0.15, -0.1) is 0 Å². The van der Waals surface area contributed by atoms with Crippen LogP contribution < -0.4 is 10.2 Å². The van der Waals surface area contributed by atoms with Crippen molar-refractivity contribution in [3.63, 3.8) is 0 Å². The van der Waals surface area contributed by atoms with E-state index >= 15 is 0 Å². The molecule has 0 aliphatic carbocycles. The number of hydrogen-bond acceptors (Lipinski definition) is 1. The third-order valence-corrected chi connectivity index (χ3v) is 6.10. The fraction of sp³-hybridized carbons (Fsp3) is 0.760. The Balaban J connectivity index is 1.94. The molecule has 0 spiro atoms. The van der Waals surface area contributed by atoms with Gasteiger partial charge in [-0.25, -0.2) is 0 Å². The number of rotatable bonds is 17. The predicted molar refractivity (Wildman–Crippen MR) is 123 cm³/mol. The number of unbranched alkanes of at least 4 members (excludes halogenated alkanes) is 13. The van der Waals surface area contributed by atoms with Crippen LogP contribution in [0.3, 0.4) is 0 Å². The molecule has 156 valence electrons. The number of nitrogens with zero attached hydrogens (tertiary/aromatic N) is 1. The van der Waals surface area contributed by atoms with Crippen LogP contribution in [0.15, 0.2) is 30.3 Å². The summed E-state index contributed by atoms with van der Waals surface area (Å²) in [5, 5.41) is 0. The van der Waals surface area contributed by atoms with Gasteiger partial charge in [-0.2, -0.15) is 0 Å². The number of benzene rings is 1. The average Bonchev–Trinajstić information content (AvgIpc) is 2.68. The minimum atomic E-state index is 0.185. The smallest absolute Gasteiger partial charge is 0.144 e. The summed E-state index contributed by atoms with van der Waals surface area (Å²) in [7, 11) is 4.45. The lowest BCUT2D eigenvalue weighted by Gasteiger charge is -2.35. The van der Waals surface area contributed by atoms with E-state index in [0.29, 0.717) is 0 Å². The summed E-state index contributed by atoms with van der Waals surface area (Å²) >= 11 is 0. The largest absolute Gasteiger partial charge is 0.281 e. The van der Waals surface area contributed by atoms with Gasteiger partial charge in [-0.3, -0.25) is 10.2 Å². The molecule has 0 saturated carbocycles. The van der Waals surface area contributed by atoms with Crippen molar-refractivity contribution in [2.24, 2.45) is 5.73 Å². The molecule has 1 aromatic rings. The Bertz CT molecular complexity index is 441. The fourth-order valence-electron chi connectivity index (χ4n) is 3.87. The first kappa shape index (κ1) is 24.2. The Labute approximate surface area is 170 Å². The van der Waals surface area contributed by atoms with Crippen LogP contribution >= 0.6 is 0 Å². The first-order chi connectivity index (χ1) is 13.1. The second-order valence-corrected chi connectivity index (χ2v) is 8.83. The van der Waals surface area contributed by atoms with E-state index < -0.39 is 0 Å². The molecule has 0 bridgehead atoms. The van der Waals surface area contributed by atoms with Crippen LogP contribution in [0.4, 0.5) is 5.69 Å². The summed E-state index contributed by atoms with van der Waals surface area (Å²) < 4.78 is 0.777. The Morgan fingerprint density at radius 3 is 1.52 bits per heavy atom. The van der Waals surface area contributed by atoms with Gasteiger partial charge in [0.1, 0.15) is 11.9 Å². The molecule has 0 aliphatic heterocycles. The summed E-state index contributed by atoms with van der Waals surface area (Å²) in [6.07, 6.45) is 21.0. The van der Waals surface area contributed by atoms with E-state index in [2.05, 4.69) is 51.4 Å². The first-order valence-corrected chi connectivity index (χ1v) is 11.7. The lowest BCUT2D eigenvalue weighted by Crippen LogP contribution is -2.55. The average molecular weight is 376 g/mol. The molecule has 0 heterocycles. The van der Waals surface area contributed by atoms with Crippen LogP contribution in [-0.4, -0.2) is 20.3 Å². The van der Waals surface area contributed by atoms with Crippen LogP contribution in [0.2, 0.25) is 0 Å². The topological polar surface area (TPSA) is 26.0 Å². The maximum Gasteiger partial charge on any atom is 0.144 e. The normalized spacial score (nSPS) is 13.0. The van der Waals surface area contributed by atoms with E-state index in [9.17, 15) is 0 Å². The van der Waals surface area contributed by atoms with Crippen molar-refractivity contribution >= 4 is 5.69 Å². The molecule has 0 fully saturated rings.